The van der Waals surface area contributed by atoms with Crippen LogP contribution in [0.4, 0.5) is 0 Å². The Morgan fingerprint density at radius 1 is 1.05 bits per heavy atom. The van der Waals surface area contributed by atoms with Crippen LogP contribution in [0.15, 0.2) is 48.5 Å². The van der Waals surface area contributed by atoms with E-state index in [2.05, 4.69) is 30.0 Å². The van der Waals surface area contributed by atoms with Crippen molar-refractivity contribution in [3.8, 4) is 11.8 Å². The van der Waals surface area contributed by atoms with Gasteiger partial charge in [0.05, 0.1) is 0 Å². The standard InChI is InChI=1S/C17H15ClOS/c18-17-9-2-1-8-16(17)13-20-12-15-6-3-5-14(11-15)7-4-10-19/h1-3,5-6,8-9,11,19H,10,12-13H2. The van der Waals surface area contributed by atoms with Crippen molar-refractivity contribution < 1.29 is 5.11 Å². The number of thioether (sulfide) groups is 1. The van der Waals surface area contributed by atoms with Gasteiger partial charge in [0.2, 0.25) is 0 Å². The Morgan fingerprint density at radius 3 is 2.70 bits per heavy atom. The quantitative estimate of drug-likeness (QED) is 0.858. The van der Waals surface area contributed by atoms with Crippen molar-refractivity contribution in [2.24, 2.45) is 0 Å². The molecule has 2 rings (SSSR count). The number of aliphatic hydroxyl groups excluding tert-OH is 1. The third-order valence-electron chi connectivity index (χ3n) is 2.72. The molecule has 0 atom stereocenters. The third-order valence-corrected chi connectivity index (χ3v) is 4.14. The van der Waals surface area contributed by atoms with Crippen molar-refractivity contribution in [1.82, 2.24) is 0 Å². The molecular formula is C17H15ClOS. The zero-order valence-corrected chi connectivity index (χ0v) is 12.5. The topological polar surface area (TPSA) is 20.2 Å². The summed E-state index contributed by atoms with van der Waals surface area (Å²) >= 11 is 7.96. The zero-order chi connectivity index (χ0) is 14.2. The molecule has 1 nitrogen and oxygen atoms in total. The van der Waals surface area contributed by atoms with Crippen LogP contribution in [0.5, 0.6) is 0 Å². The predicted molar refractivity (Wildman–Crippen MR) is 86.9 cm³/mol. The summed E-state index contributed by atoms with van der Waals surface area (Å²) in [7, 11) is 0. The highest BCUT2D eigenvalue weighted by atomic mass is 35.5. The highest BCUT2D eigenvalue weighted by molar-refractivity contribution is 7.97. The minimum absolute atomic E-state index is 0.106. The first-order valence-corrected chi connectivity index (χ1v) is 7.82. The second-order valence-corrected chi connectivity index (χ2v) is 5.64. The Morgan fingerprint density at radius 2 is 1.90 bits per heavy atom. The van der Waals surface area contributed by atoms with E-state index < -0.39 is 0 Å². The Hall–Kier alpha value is -1.40. The summed E-state index contributed by atoms with van der Waals surface area (Å²) in [5.41, 5.74) is 3.33. The summed E-state index contributed by atoms with van der Waals surface area (Å²) in [4.78, 5) is 0. The molecule has 1 N–H and O–H groups in total. The van der Waals surface area contributed by atoms with Gasteiger partial charge in [-0.05, 0) is 29.3 Å². The summed E-state index contributed by atoms with van der Waals surface area (Å²) in [6.45, 7) is -0.106. The molecule has 0 amide bonds. The van der Waals surface area contributed by atoms with Crippen LogP contribution in [0.3, 0.4) is 0 Å². The normalized spacial score (nSPS) is 9.90. The monoisotopic (exact) mass is 302 g/mol. The maximum atomic E-state index is 8.70. The highest BCUT2D eigenvalue weighted by Crippen LogP contribution is 2.23. The van der Waals surface area contributed by atoms with E-state index in [-0.39, 0.29) is 6.61 Å². The summed E-state index contributed by atoms with van der Waals surface area (Å²) < 4.78 is 0. The van der Waals surface area contributed by atoms with Gasteiger partial charge in [0, 0.05) is 22.1 Å². The maximum Gasteiger partial charge on any atom is 0.104 e. The average Bonchev–Trinajstić information content (AvgIpc) is 2.48. The molecule has 3 heteroatoms. The van der Waals surface area contributed by atoms with E-state index in [1.54, 1.807) is 0 Å². The minimum Gasteiger partial charge on any atom is -0.384 e. The number of benzene rings is 2. The number of rotatable bonds is 4. The van der Waals surface area contributed by atoms with Crippen molar-refractivity contribution in [2.75, 3.05) is 6.61 Å². The number of hydrogen-bond donors (Lipinski definition) is 1. The number of hydrogen-bond acceptors (Lipinski definition) is 2. The molecule has 2 aromatic carbocycles. The number of aliphatic hydroxyl groups is 1. The van der Waals surface area contributed by atoms with Gasteiger partial charge >= 0.3 is 0 Å². The summed E-state index contributed by atoms with van der Waals surface area (Å²) in [5, 5.41) is 9.52. The van der Waals surface area contributed by atoms with Crippen LogP contribution in [0.2, 0.25) is 5.02 Å². The Bertz CT molecular complexity index is 628. The van der Waals surface area contributed by atoms with E-state index in [9.17, 15) is 0 Å². The van der Waals surface area contributed by atoms with Gasteiger partial charge in [0.25, 0.3) is 0 Å². The predicted octanol–water partition coefficient (Wildman–Crippen LogP) is 4.12. The van der Waals surface area contributed by atoms with Crippen LogP contribution in [0, 0.1) is 11.8 Å². The van der Waals surface area contributed by atoms with Gasteiger partial charge in [-0.15, -0.1) is 0 Å². The molecule has 0 aliphatic rings. The van der Waals surface area contributed by atoms with Crippen LogP contribution >= 0.6 is 23.4 Å². The van der Waals surface area contributed by atoms with E-state index in [1.165, 1.54) is 5.56 Å². The molecule has 2 aromatic rings. The van der Waals surface area contributed by atoms with Crippen molar-refractivity contribution >= 4 is 23.4 Å². The van der Waals surface area contributed by atoms with Gasteiger partial charge in [-0.1, -0.05) is 53.8 Å². The van der Waals surface area contributed by atoms with Gasteiger partial charge in [-0.2, -0.15) is 11.8 Å². The van der Waals surface area contributed by atoms with E-state index in [0.29, 0.717) is 0 Å². The molecule has 20 heavy (non-hydrogen) atoms. The second kappa shape index (κ2) is 8.01. The van der Waals surface area contributed by atoms with Crippen molar-refractivity contribution in [3.05, 3.63) is 70.2 Å². The largest absolute Gasteiger partial charge is 0.384 e. The first-order chi connectivity index (χ1) is 9.79. The number of halogens is 1. The SMILES string of the molecule is OCC#Cc1cccc(CSCc2ccccc2Cl)c1. The third kappa shape index (κ3) is 4.61. The highest BCUT2D eigenvalue weighted by Gasteiger charge is 2.00. The molecule has 102 valence electrons. The molecule has 0 saturated carbocycles. The molecule has 0 bridgehead atoms. The van der Waals surface area contributed by atoms with E-state index in [1.807, 2.05) is 42.1 Å². The Kier molecular flexibility index (Phi) is 6.01. The fourth-order valence-electron chi connectivity index (χ4n) is 1.77. The van der Waals surface area contributed by atoms with Crippen molar-refractivity contribution in [3.63, 3.8) is 0 Å². The molecule has 0 saturated heterocycles. The molecular weight excluding hydrogens is 288 g/mol. The van der Waals surface area contributed by atoms with E-state index in [4.69, 9.17) is 16.7 Å². The van der Waals surface area contributed by atoms with Gasteiger partial charge in [-0.3, -0.25) is 0 Å². The summed E-state index contributed by atoms with van der Waals surface area (Å²) in [6, 6.07) is 16.0. The first-order valence-electron chi connectivity index (χ1n) is 6.29. The Balaban J connectivity index is 1.93. The fourth-order valence-corrected chi connectivity index (χ4v) is 3.05. The average molecular weight is 303 g/mol. The van der Waals surface area contributed by atoms with Gasteiger partial charge in [-0.25, -0.2) is 0 Å². The molecule has 0 spiro atoms. The fraction of sp³-hybridized carbons (Fsp3) is 0.176. The minimum atomic E-state index is -0.106. The lowest BCUT2D eigenvalue weighted by Crippen LogP contribution is -1.86. The lowest BCUT2D eigenvalue weighted by Gasteiger charge is -2.05. The molecule has 0 fully saturated rings. The van der Waals surface area contributed by atoms with Gasteiger partial charge in [0.1, 0.15) is 6.61 Å². The molecule has 0 aliphatic carbocycles. The molecule has 0 unspecified atom stereocenters. The van der Waals surface area contributed by atoms with Crippen LogP contribution in [-0.2, 0) is 11.5 Å². The smallest absolute Gasteiger partial charge is 0.104 e. The molecule has 0 heterocycles. The summed E-state index contributed by atoms with van der Waals surface area (Å²) in [6.07, 6.45) is 0. The molecule has 0 radical (unpaired) electrons. The lowest BCUT2D eigenvalue weighted by molar-refractivity contribution is 0.350. The second-order valence-electron chi connectivity index (χ2n) is 4.24. The summed E-state index contributed by atoms with van der Waals surface area (Å²) in [5.74, 6) is 7.40. The molecule has 0 aromatic heterocycles. The maximum absolute atomic E-state index is 8.70. The first kappa shape index (κ1) is 15.0. The van der Waals surface area contributed by atoms with Crippen LogP contribution in [0.1, 0.15) is 16.7 Å². The van der Waals surface area contributed by atoms with E-state index in [0.717, 1.165) is 27.7 Å². The Labute approximate surface area is 129 Å². The lowest BCUT2D eigenvalue weighted by atomic mass is 10.1. The van der Waals surface area contributed by atoms with Crippen molar-refractivity contribution in [2.45, 2.75) is 11.5 Å². The van der Waals surface area contributed by atoms with Gasteiger partial charge in [0.15, 0.2) is 0 Å². The van der Waals surface area contributed by atoms with Crippen LogP contribution in [0.25, 0.3) is 0 Å². The molecule has 0 aliphatic heterocycles. The van der Waals surface area contributed by atoms with Crippen LogP contribution < -0.4 is 0 Å². The van der Waals surface area contributed by atoms with Crippen molar-refractivity contribution in [1.29, 1.82) is 0 Å². The van der Waals surface area contributed by atoms with Gasteiger partial charge < -0.3 is 5.11 Å². The van der Waals surface area contributed by atoms with E-state index >= 15 is 0 Å². The zero-order valence-electron chi connectivity index (χ0n) is 11.0. The van der Waals surface area contributed by atoms with Crippen LogP contribution in [-0.4, -0.2) is 11.7 Å².